The smallest absolute Gasteiger partial charge is 0.315 e. The summed E-state index contributed by atoms with van der Waals surface area (Å²) in [6.07, 6.45) is -4.60. The van der Waals surface area contributed by atoms with Crippen molar-refractivity contribution in [1.82, 2.24) is 16.0 Å². The van der Waals surface area contributed by atoms with Gasteiger partial charge < -0.3 is 41.1 Å². The molecule has 0 saturated carbocycles. The zero-order valence-corrected chi connectivity index (χ0v) is 16.7. The van der Waals surface area contributed by atoms with E-state index in [1.807, 2.05) is 30.3 Å². The molecule has 2 rings (SSSR count). The monoisotopic (exact) mass is 425 g/mol. The molecule has 1 aromatic carbocycles. The van der Waals surface area contributed by atoms with Crippen LogP contribution in [0, 0.1) is 0 Å². The second-order valence-electron chi connectivity index (χ2n) is 7.22. The van der Waals surface area contributed by atoms with Crippen molar-refractivity contribution in [2.45, 2.75) is 62.9 Å². The van der Waals surface area contributed by atoms with Crippen molar-refractivity contribution in [3.8, 4) is 0 Å². The largest absolute Gasteiger partial charge is 0.394 e. The Morgan fingerprint density at radius 2 is 1.67 bits per heavy atom. The lowest BCUT2D eigenvalue weighted by atomic mass is 9.98. The molecule has 0 aliphatic carbocycles. The van der Waals surface area contributed by atoms with Gasteiger partial charge in [0.15, 0.2) is 6.23 Å². The molecule has 1 aliphatic rings. The number of nitrogens with one attached hydrogen (secondary N) is 3. The molecule has 30 heavy (non-hydrogen) atoms. The highest BCUT2D eigenvalue weighted by molar-refractivity contribution is 5.76. The summed E-state index contributed by atoms with van der Waals surface area (Å²) in [7, 11) is 0. The lowest BCUT2D eigenvalue weighted by molar-refractivity contribution is -0.236. The van der Waals surface area contributed by atoms with Gasteiger partial charge in [-0.2, -0.15) is 0 Å². The van der Waals surface area contributed by atoms with Crippen molar-refractivity contribution in [2.24, 2.45) is 0 Å². The van der Waals surface area contributed by atoms with Crippen LogP contribution >= 0.6 is 0 Å². The van der Waals surface area contributed by atoms with Crippen molar-refractivity contribution < 1.29 is 34.8 Å². The predicted molar refractivity (Wildman–Crippen MR) is 107 cm³/mol. The lowest BCUT2D eigenvalue weighted by Crippen LogP contribution is -2.63. The van der Waals surface area contributed by atoms with Crippen LogP contribution in [0.4, 0.5) is 4.79 Å². The summed E-state index contributed by atoms with van der Waals surface area (Å²) in [4.78, 5) is 23.7. The third-order valence-electron chi connectivity index (χ3n) is 4.86. The molecule has 5 atom stereocenters. The Hall–Kier alpha value is -2.24. The van der Waals surface area contributed by atoms with Crippen LogP contribution in [-0.4, -0.2) is 76.2 Å². The van der Waals surface area contributed by atoms with E-state index >= 15 is 0 Å². The summed E-state index contributed by atoms with van der Waals surface area (Å²) in [5, 5.41) is 46.5. The fourth-order valence-corrected chi connectivity index (χ4v) is 3.08. The molecule has 0 bridgehead atoms. The molecule has 0 aromatic heterocycles. The second kappa shape index (κ2) is 12.5. The van der Waals surface area contributed by atoms with Gasteiger partial charge in [-0.05, 0) is 18.4 Å². The number of amides is 3. The second-order valence-corrected chi connectivity index (χ2v) is 7.22. The van der Waals surface area contributed by atoms with Crippen LogP contribution in [0.1, 0.15) is 31.2 Å². The van der Waals surface area contributed by atoms with E-state index in [1.54, 1.807) is 0 Å². The SMILES string of the molecule is O=C(CCCCCNC(=O)NCc1ccccc1)N[C@@H]1OC(CO)[C@H](O)[C@@H](O)C1O. The first-order valence-electron chi connectivity index (χ1n) is 10.1. The number of benzene rings is 1. The maximum atomic E-state index is 12.0. The van der Waals surface area contributed by atoms with Crippen LogP contribution in [0.3, 0.4) is 0 Å². The number of aliphatic hydroxyl groups is 4. The van der Waals surface area contributed by atoms with Gasteiger partial charge in [0.05, 0.1) is 6.61 Å². The quantitative estimate of drug-likeness (QED) is 0.236. The number of hydrogen-bond acceptors (Lipinski definition) is 7. The Balaban J connectivity index is 1.55. The van der Waals surface area contributed by atoms with Crippen LogP contribution in [0.15, 0.2) is 30.3 Å². The molecule has 2 unspecified atom stereocenters. The standard InChI is InChI=1S/C20H31N3O7/c24-12-14-16(26)17(27)18(28)19(30-14)23-15(25)9-5-2-6-10-21-20(29)22-11-13-7-3-1-4-8-13/h1,3-4,7-8,14,16-19,24,26-28H,2,5-6,9-12H2,(H,23,25)(H2,21,22,29)/t14?,16-,17+,18?,19+/m0/s1. The molecule has 1 aromatic rings. The maximum absolute atomic E-state index is 12.0. The minimum absolute atomic E-state index is 0.176. The highest BCUT2D eigenvalue weighted by Gasteiger charge is 2.43. The van der Waals surface area contributed by atoms with Crippen LogP contribution < -0.4 is 16.0 Å². The number of hydrogen-bond donors (Lipinski definition) is 7. The molecule has 3 amide bonds. The first-order valence-corrected chi connectivity index (χ1v) is 10.1. The van der Waals surface area contributed by atoms with E-state index in [2.05, 4.69) is 16.0 Å². The summed E-state index contributed by atoms with van der Waals surface area (Å²) in [5.74, 6) is -0.382. The molecule has 168 valence electrons. The summed E-state index contributed by atoms with van der Waals surface area (Å²) < 4.78 is 5.23. The molecule has 1 heterocycles. The summed E-state index contributed by atoms with van der Waals surface area (Å²) in [5.41, 5.74) is 1.01. The van der Waals surface area contributed by atoms with Gasteiger partial charge in [-0.3, -0.25) is 4.79 Å². The normalized spacial score (nSPS) is 26.1. The molecule has 1 fully saturated rings. The van der Waals surface area contributed by atoms with Crippen LogP contribution in [0.2, 0.25) is 0 Å². The summed E-state index contributed by atoms with van der Waals surface area (Å²) in [6, 6.07) is 9.32. The van der Waals surface area contributed by atoms with Crippen molar-refractivity contribution in [3.63, 3.8) is 0 Å². The Labute approximate surface area is 175 Å². The average Bonchev–Trinajstić information content (AvgIpc) is 2.75. The van der Waals surface area contributed by atoms with Crippen molar-refractivity contribution >= 4 is 11.9 Å². The van der Waals surface area contributed by atoms with E-state index in [9.17, 15) is 24.9 Å². The molecule has 10 nitrogen and oxygen atoms in total. The van der Waals surface area contributed by atoms with Gasteiger partial charge >= 0.3 is 6.03 Å². The first kappa shape index (κ1) is 24.0. The molecule has 1 aliphatic heterocycles. The van der Waals surface area contributed by atoms with Gasteiger partial charge in [0.1, 0.15) is 24.4 Å². The maximum Gasteiger partial charge on any atom is 0.315 e. The predicted octanol–water partition coefficient (Wildman–Crippen LogP) is -1.04. The third kappa shape index (κ3) is 7.54. The van der Waals surface area contributed by atoms with Crippen molar-refractivity contribution in [1.29, 1.82) is 0 Å². The zero-order valence-electron chi connectivity index (χ0n) is 16.7. The van der Waals surface area contributed by atoms with Crippen LogP contribution in [0.5, 0.6) is 0 Å². The number of rotatable bonds is 10. The lowest BCUT2D eigenvalue weighted by Gasteiger charge is -2.40. The number of urea groups is 1. The summed E-state index contributed by atoms with van der Waals surface area (Å²) >= 11 is 0. The number of unbranched alkanes of at least 4 members (excludes halogenated alkanes) is 2. The van der Waals surface area contributed by atoms with Crippen molar-refractivity contribution in [2.75, 3.05) is 13.2 Å². The van der Waals surface area contributed by atoms with Gasteiger partial charge in [0.25, 0.3) is 0 Å². The molecule has 1 saturated heterocycles. The van der Waals surface area contributed by atoms with Crippen LogP contribution in [0.25, 0.3) is 0 Å². The van der Waals surface area contributed by atoms with Crippen LogP contribution in [-0.2, 0) is 16.1 Å². The minimum Gasteiger partial charge on any atom is -0.394 e. The van der Waals surface area contributed by atoms with E-state index in [-0.39, 0.29) is 18.4 Å². The highest BCUT2D eigenvalue weighted by atomic mass is 16.6. The fraction of sp³-hybridized carbons (Fsp3) is 0.600. The Kier molecular flexibility index (Phi) is 9.98. The number of carbonyl (C=O) groups is 2. The van der Waals surface area contributed by atoms with E-state index < -0.39 is 37.3 Å². The molecule has 0 radical (unpaired) electrons. The number of ether oxygens (including phenoxy) is 1. The molecule has 10 heteroatoms. The van der Waals surface area contributed by atoms with E-state index in [4.69, 9.17) is 9.84 Å². The summed E-state index contributed by atoms with van der Waals surface area (Å²) in [6.45, 7) is 0.378. The van der Waals surface area contributed by atoms with E-state index in [0.29, 0.717) is 32.4 Å². The Morgan fingerprint density at radius 3 is 2.37 bits per heavy atom. The van der Waals surface area contributed by atoms with Gasteiger partial charge in [0.2, 0.25) is 5.91 Å². The Bertz CT molecular complexity index is 659. The molecule has 0 spiro atoms. The van der Waals surface area contributed by atoms with Gasteiger partial charge in [0, 0.05) is 19.5 Å². The van der Waals surface area contributed by atoms with Crippen molar-refractivity contribution in [3.05, 3.63) is 35.9 Å². The molecular weight excluding hydrogens is 394 g/mol. The fourth-order valence-electron chi connectivity index (χ4n) is 3.08. The van der Waals surface area contributed by atoms with Gasteiger partial charge in [-0.25, -0.2) is 4.79 Å². The van der Waals surface area contributed by atoms with Gasteiger partial charge in [-0.15, -0.1) is 0 Å². The van der Waals surface area contributed by atoms with Gasteiger partial charge in [-0.1, -0.05) is 36.8 Å². The third-order valence-corrected chi connectivity index (χ3v) is 4.86. The highest BCUT2D eigenvalue weighted by Crippen LogP contribution is 2.19. The number of carbonyl (C=O) groups excluding carboxylic acids is 2. The Morgan fingerprint density at radius 1 is 0.933 bits per heavy atom. The van der Waals surface area contributed by atoms with E-state index in [1.165, 1.54) is 0 Å². The molecule has 7 N–H and O–H groups in total. The average molecular weight is 425 g/mol. The number of aliphatic hydroxyl groups excluding tert-OH is 4. The zero-order chi connectivity index (χ0) is 21.9. The minimum atomic E-state index is -1.53. The first-order chi connectivity index (χ1) is 14.4. The van der Waals surface area contributed by atoms with E-state index in [0.717, 1.165) is 5.56 Å². The topological polar surface area (TPSA) is 160 Å². The molecular formula is C20H31N3O7.